The van der Waals surface area contributed by atoms with Gasteiger partial charge in [-0.1, -0.05) is 5.16 Å². The van der Waals surface area contributed by atoms with Crippen LogP contribution in [0.3, 0.4) is 0 Å². The van der Waals surface area contributed by atoms with Crippen LogP contribution in [0.2, 0.25) is 0 Å². The van der Waals surface area contributed by atoms with E-state index in [1.807, 2.05) is 0 Å². The molecular weight excluding hydrogens is 239 g/mol. The van der Waals surface area contributed by atoms with Crippen LogP contribution >= 0.6 is 0 Å². The fraction of sp³-hybridized carbons (Fsp3) is 0.545. The van der Waals surface area contributed by atoms with Crippen molar-refractivity contribution in [3.63, 3.8) is 0 Å². The van der Waals surface area contributed by atoms with Gasteiger partial charge in [0, 0.05) is 6.42 Å². The third-order valence-electron chi connectivity index (χ3n) is 3.27. The second-order valence-corrected chi connectivity index (χ2v) is 4.47. The summed E-state index contributed by atoms with van der Waals surface area (Å²) in [5.41, 5.74) is 1.05. The molecule has 1 N–H and O–H groups in total. The van der Waals surface area contributed by atoms with Crippen molar-refractivity contribution in [1.29, 1.82) is 0 Å². The Hall–Kier alpha value is -1.76. The summed E-state index contributed by atoms with van der Waals surface area (Å²) in [4.78, 5) is 9.94. The summed E-state index contributed by atoms with van der Waals surface area (Å²) >= 11 is 0. The first-order valence-electron chi connectivity index (χ1n) is 5.79. The summed E-state index contributed by atoms with van der Waals surface area (Å²) in [6, 6.07) is -0.257. The lowest BCUT2D eigenvalue weighted by atomic mass is 10.2. The second-order valence-electron chi connectivity index (χ2n) is 4.47. The number of hydrogen-bond acceptors (Lipinski definition) is 6. The van der Waals surface area contributed by atoms with Gasteiger partial charge in [0.15, 0.2) is 0 Å². The molecule has 1 fully saturated rings. The van der Waals surface area contributed by atoms with Crippen LogP contribution in [-0.2, 0) is 0 Å². The van der Waals surface area contributed by atoms with Gasteiger partial charge < -0.3 is 14.5 Å². The number of halogens is 1. The molecule has 0 saturated carbocycles. The highest BCUT2D eigenvalue weighted by molar-refractivity contribution is 5.88. The molecule has 1 saturated heterocycles. The molecule has 3 rings (SSSR count). The zero-order chi connectivity index (χ0) is 12.7. The number of aliphatic hydroxyl groups is 1. The maximum atomic E-state index is 13.5. The number of rotatable bonds is 2. The number of hydrogen-bond donors (Lipinski definition) is 1. The number of alkyl halides is 1. The van der Waals surface area contributed by atoms with Crippen LogP contribution < -0.4 is 4.90 Å². The Morgan fingerprint density at radius 1 is 1.56 bits per heavy atom. The van der Waals surface area contributed by atoms with E-state index in [9.17, 15) is 9.50 Å². The largest absolute Gasteiger partial charge is 0.394 e. The normalized spacial score (nSPS) is 24.1. The molecule has 2 atom stereocenters. The van der Waals surface area contributed by atoms with Gasteiger partial charge in [-0.25, -0.2) is 9.37 Å². The molecule has 0 amide bonds. The summed E-state index contributed by atoms with van der Waals surface area (Å²) < 4.78 is 18.5. The Morgan fingerprint density at radius 2 is 2.39 bits per heavy atom. The lowest BCUT2D eigenvalue weighted by molar-refractivity contribution is 0.255. The van der Waals surface area contributed by atoms with Crippen molar-refractivity contribution < 1.29 is 14.0 Å². The zero-order valence-corrected chi connectivity index (χ0v) is 9.88. The summed E-state index contributed by atoms with van der Waals surface area (Å²) in [5, 5.41) is 13.8. The molecule has 1 aliphatic heterocycles. The van der Waals surface area contributed by atoms with E-state index in [0.717, 1.165) is 0 Å². The van der Waals surface area contributed by atoms with Crippen molar-refractivity contribution >= 4 is 16.9 Å². The van der Waals surface area contributed by atoms with Crippen molar-refractivity contribution in [2.75, 3.05) is 18.1 Å². The summed E-state index contributed by atoms with van der Waals surface area (Å²) in [7, 11) is 0. The van der Waals surface area contributed by atoms with Crippen molar-refractivity contribution in [3.05, 3.63) is 12.0 Å². The zero-order valence-electron chi connectivity index (χ0n) is 9.88. The molecule has 0 spiro atoms. The lowest BCUT2D eigenvalue weighted by Gasteiger charge is -2.23. The van der Waals surface area contributed by atoms with Crippen LogP contribution in [0, 0.1) is 6.92 Å². The van der Waals surface area contributed by atoms with E-state index in [1.165, 1.54) is 6.33 Å². The Balaban J connectivity index is 2.11. The first kappa shape index (κ1) is 11.3. The standard InChI is InChI=1S/C11H13FN4O2/c1-6-9-10(13-5-14-11(9)18-15-6)16-3-7(12)2-8(16)4-17/h5,7-8,17H,2-4H2,1H3/t7-,8-/m0/s1. The van der Waals surface area contributed by atoms with E-state index in [2.05, 4.69) is 15.1 Å². The number of nitrogens with zero attached hydrogens (tertiary/aromatic N) is 4. The lowest BCUT2D eigenvalue weighted by Crippen LogP contribution is -2.33. The predicted octanol–water partition coefficient (Wildman–Crippen LogP) is 0.835. The highest BCUT2D eigenvalue weighted by Gasteiger charge is 2.34. The summed E-state index contributed by atoms with van der Waals surface area (Å²) in [6.45, 7) is 1.91. The van der Waals surface area contributed by atoms with Gasteiger partial charge in [-0.3, -0.25) is 0 Å². The first-order valence-corrected chi connectivity index (χ1v) is 5.79. The third kappa shape index (κ3) is 1.62. The van der Waals surface area contributed by atoms with Crippen LogP contribution in [0.25, 0.3) is 11.1 Å². The van der Waals surface area contributed by atoms with Gasteiger partial charge in [0.1, 0.15) is 23.7 Å². The average Bonchev–Trinajstić information content (AvgIpc) is 2.93. The maximum Gasteiger partial charge on any atom is 0.263 e. The monoisotopic (exact) mass is 252 g/mol. The second kappa shape index (κ2) is 4.16. The molecule has 2 aromatic rings. The van der Waals surface area contributed by atoms with Crippen LogP contribution in [-0.4, -0.2) is 45.6 Å². The van der Waals surface area contributed by atoms with E-state index < -0.39 is 6.17 Å². The molecule has 3 heterocycles. The maximum absolute atomic E-state index is 13.5. The van der Waals surface area contributed by atoms with Crippen LogP contribution in [0.4, 0.5) is 10.2 Å². The van der Waals surface area contributed by atoms with Crippen molar-refractivity contribution in [2.45, 2.75) is 25.6 Å². The quantitative estimate of drug-likeness (QED) is 0.853. The third-order valence-corrected chi connectivity index (χ3v) is 3.27. The van der Waals surface area contributed by atoms with Crippen molar-refractivity contribution in [3.8, 4) is 0 Å². The molecule has 96 valence electrons. The van der Waals surface area contributed by atoms with Gasteiger partial charge in [-0.2, -0.15) is 4.98 Å². The highest BCUT2D eigenvalue weighted by Crippen LogP contribution is 2.31. The van der Waals surface area contributed by atoms with E-state index in [1.54, 1.807) is 11.8 Å². The summed E-state index contributed by atoms with van der Waals surface area (Å²) in [6.07, 6.45) is 0.724. The van der Waals surface area contributed by atoms with Gasteiger partial charge in [0.25, 0.3) is 5.71 Å². The molecule has 0 bridgehead atoms. The average molecular weight is 252 g/mol. The SMILES string of the molecule is Cc1noc2ncnc(N3C[C@@H](F)C[C@H]3CO)c12. The fourth-order valence-corrected chi connectivity index (χ4v) is 2.41. The minimum absolute atomic E-state index is 0.101. The Kier molecular flexibility index (Phi) is 2.62. The first-order chi connectivity index (χ1) is 8.70. The Morgan fingerprint density at radius 3 is 3.17 bits per heavy atom. The van der Waals surface area contributed by atoms with E-state index in [-0.39, 0.29) is 19.2 Å². The van der Waals surface area contributed by atoms with Crippen molar-refractivity contribution in [1.82, 2.24) is 15.1 Å². The van der Waals surface area contributed by atoms with E-state index in [0.29, 0.717) is 29.0 Å². The molecule has 0 aromatic carbocycles. The number of aliphatic hydroxyl groups excluding tert-OH is 1. The van der Waals surface area contributed by atoms with Gasteiger partial charge in [0.2, 0.25) is 0 Å². The van der Waals surface area contributed by atoms with Gasteiger partial charge >= 0.3 is 0 Å². The van der Waals surface area contributed by atoms with E-state index >= 15 is 0 Å². The van der Waals surface area contributed by atoms with Gasteiger partial charge in [-0.15, -0.1) is 0 Å². The minimum Gasteiger partial charge on any atom is -0.394 e. The molecule has 6 nitrogen and oxygen atoms in total. The Bertz CT molecular complexity index is 573. The minimum atomic E-state index is -0.952. The van der Waals surface area contributed by atoms with Gasteiger partial charge in [0.05, 0.1) is 24.9 Å². The topological polar surface area (TPSA) is 75.3 Å². The molecule has 18 heavy (non-hydrogen) atoms. The van der Waals surface area contributed by atoms with Gasteiger partial charge in [-0.05, 0) is 6.92 Å². The molecule has 0 aliphatic carbocycles. The molecule has 2 aromatic heterocycles. The molecule has 0 unspecified atom stereocenters. The summed E-state index contributed by atoms with van der Waals surface area (Å²) in [5.74, 6) is 0.581. The molecule has 7 heteroatoms. The number of fused-ring (bicyclic) bond motifs is 1. The molecular formula is C11H13FN4O2. The number of aromatic nitrogens is 3. The predicted molar refractivity (Wildman–Crippen MR) is 62.1 cm³/mol. The smallest absolute Gasteiger partial charge is 0.263 e. The van der Waals surface area contributed by atoms with Crippen LogP contribution in [0.5, 0.6) is 0 Å². The van der Waals surface area contributed by atoms with Crippen molar-refractivity contribution in [2.24, 2.45) is 0 Å². The number of aryl methyl sites for hydroxylation is 1. The van der Waals surface area contributed by atoms with Crippen LogP contribution in [0.1, 0.15) is 12.1 Å². The number of anilines is 1. The Labute approximate surface area is 102 Å². The van der Waals surface area contributed by atoms with Crippen LogP contribution in [0.15, 0.2) is 10.9 Å². The highest BCUT2D eigenvalue weighted by atomic mass is 19.1. The molecule has 0 radical (unpaired) electrons. The van der Waals surface area contributed by atoms with E-state index in [4.69, 9.17) is 4.52 Å². The fourth-order valence-electron chi connectivity index (χ4n) is 2.41. The molecule has 1 aliphatic rings.